The lowest BCUT2D eigenvalue weighted by Gasteiger charge is -2.07. The van der Waals surface area contributed by atoms with Crippen molar-refractivity contribution < 1.29 is 4.79 Å². The Labute approximate surface area is 116 Å². The van der Waals surface area contributed by atoms with Gasteiger partial charge in [0.05, 0.1) is 10.7 Å². The summed E-state index contributed by atoms with van der Waals surface area (Å²) in [6.07, 6.45) is 0. The molecule has 0 spiro atoms. The first-order chi connectivity index (χ1) is 9.01. The molecule has 5 nitrogen and oxygen atoms in total. The molecule has 0 fully saturated rings. The normalized spacial score (nSPS) is 10.5. The molecular weight excluding hydrogens is 260 g/mol. The predicted molar refractivity (Wildman–Crippen MR) is 76.3 cm³/mol. The third-order valence-corrected chi connectivity index (χ3v) is 3.84. The molecule has 0 radical (unpaired) electrons. The third kappa shape index (κ3) is 2.90. The van der Waals surface area contributed by atoms with E-state index >= 15 is 0 Å². The van der Waals surface area contributed by atoms with Crippen molar-refractivity contribution in [3.8, 4) is 0 Å². The van der Waals surface area contributed by atoms with Crippen molar-refractivity contribution in [1.29, 1.82) is 0 Å². The van der Waals surface area contributed by atoms with Crippen molar-refractivity contribution in [2.24, 2.45) is 7.05 Å². The first-order valence-electron chi connectivity index (χ1n) is 5.81. The smallest absolute Gasteiger partial charge is 0.251 e. The van der Waals surface area contributed by atoms with Crippen molar-refractivity contribution in [1.82, 2.24) is 15.1 Å². The van der Waals surface area contributed by atoms with Gasteiger partial charge in [-0.05, 0) is 31.2 Å². The molecule has 0 aliphatic heterocycles. The molecule has 0 aliphatic rings. The van der Waals surface area contributed by atoms with E-state index in [-0.39, 0.29) is 5.91 Å². The van der Waals surface area contributed by atoms with Crippen molar-refractivity contribution >= 4 is 23.4 Å². The second-order valence-corrected chi connectivity index (χ2v) is 5.24. The first-order valence-corrected chi connectivity index (χ1v) is 6.63. The number of anilines is 1. The summed E-state index contributed by atoms with van der Waals surface area (Å²) in [5, 5.41) is 7.87. The van der Waals surface area contributed by atoms with Gasteiger partial charge in [0, 0.05) is 30.2 Å². The van der Waals surface area contributed by atoms with Crippen LogP contribution in [0.15, 0.2) is 34.2 Å². The molecule has 6 heteroatoms. The van der Waals surface area contributed by atoms with E-state index in [9.17, 15) is 4.79 Å². The van der Waals surface area contributed by atoms with Gasteiger partial charge in [-0.3, -0.25) is 9.48 Å². The number of nitrogens with one attached hydrogen (secondary N) is 1. The quantitative estimate of drug-likeness (QED) is 0.839. The Kier molecular flexibility index (Phi) is 3.80. The van der Waals surface area contributed by atoms with Gasteiger partial charge in [0.25, 0.3) is 5.91 Å². The highest BCUT2D eigenvalue weighted by molar-refractivity contribution is 7.99. The number of hydrogen-bond donors (Lipinski definition) is 2. The number of nitrogen functional groups attached to an aromatic ring is 1. The molecule has 1 aromatic carbocycles. The summed E-state index contributed by atoms with van der Waals surface area (Å²) in [6.45, 7) is 1.94. The van der Waals surface area contributed by atoms with Crippen molar-refractivity contribution in [3.63, 3.8) is 0 Å². The number of amides is 1. The monoisotopic (exact) mass is 276 g/mol. The van der Waals surface area contributed by atoms with Crippen LogP contribution in [0.3, 0.4) is 0 Å². The average molecular weight is 276 g/mol. The second-order valence-electron chi connectivity index (χ2n) is 4.18. The molecule has 100 valence electrons. The molecule has 0 saturated carbocycles. The van der Waals surface area contributed by atoms with Gasteiger partial charge in [-0.25, -0.2) is 0 Å². The van der Waals surface area contributed by atoms with Gasteiger partial charge in [-0.1, -0.05) is 11.8 Å². The largest absolute Gasteiger partial charge is 0.398 e. The number of aromatic nitrogens is 2. The molecule has 0 saturated heterocycles. The molecule has 0 unspecified atom stereocenters. The van der Waals surface area contributed by atoms with Crippen LogP contribution in [0.25, 0.3) is 0 Å². The summed E-state index contributed by atoms with van der Waals surface area (Å²) in [6, 6.07) is 7.24. The number of hydrogen-bond acceptors (Lipinski definition) is 4. The second kappa shape index (κ2) is 5.36. The standard InChI is InChI=1S/C13H16N4OS/c1-8-6-12(17(3)16-8)19-11-7-9(13(18)15-2)4-5-10(11)14/h4-7H,14H2,1-3H3,(H,15,18). The summed E-state index contributed by atoms with van der Waals surface area (Å²) in [5.74, 6) is -0.122. The van der Waals surface area contributed by atoms with Gasteiger partial charge in [-0.15, -0.1) is 0 Å². The summed E-state index contributed by atoms with van der Waals surface area (Å²) >= 11 is 1.50. The number of aryl methyl sites for hydroxylation is 2. The van der Waals surface area contributed by atoms with Crippen molar-refractivity contribution in [3.05, 3.63) is 35.5 Å². The highest BCUT2D eigenvalue weighted by Gasteiger charge is 2.10. The van der Waals surface area contributed by atoms with Crippen molar-refractivity contribution in [2.45, 2.75) is 16.8 Å². The zero-order valence-corrected chi connectivity index (χ0v) is 11.9. The van der Waals surface area contributed by atoms with Crippen LogP contribution in [0.4, 0.5) is 5.69 Å². The lowest BCUT2D eigenvalue weighted by Crippen LogP contribution is -2.17. The van der Waals surface area contributed by atoms with Crippen LogP contribution in [-0.4, -0.2) is 22.7 Å². The van der Waals surface area contributed by atoms with E-state index < -0.39 is 0 Å². The molecule has 3 N–H and O–H groups in total. The molecule has 19 heavy (non-hydrogen) atoms. The van der Waals surface area contributed by atoms with Crippen LogP contribution in [0.1, 0.15) is 16.1 Å². The van der Waals surface area contributed by atoms with E-state index in [1.165, 1.54) is 11.8 Å². The molecule has 2 aromatic rings. The van der Waals surface area contributed by atoms with Crippen LogP contribution < -0.4 is 11.1 Å². The minimum absolute atomic E-state index is 0.122. The first kappa shape index (κ1) is 13.5. The zero-order chi connectivity index (χ0) is 14.0. The molecule has 2 rings (SSSR count). The topological polar surface area (TPSA) is 72.9 Å². The Morgan fingerprint density at radius 3 is 2.74 bits per heavy atom. The Bertz CT molecular complexity index is 621. The fraction of sp³-hybridized carbons (Fsp3) is 0.231. The summed E-state index contributed by atoms with van der Waals surface area (Å²) < 4.78 is 1.80. The number of nitrogens with two attached hydrogens (primary N) is 1. The summed E-state index contributed by atoms with van der Waals surface area (Å²) in [5.41, 5.74) is 8.15. The Balaban J connectivity index is 2.34. The maximum absolute atomic E-state index is 11.6. The number of carbonyl (C=O) groups excluding carboxylic acids is 1. The fourth-order valence-corrected chi connectivity index (χ4v) is 2.70. The van der Waals surface area contributed by atoms with E-state index in [2.05, 4.69) is 10.4 Å². The summed E-state index contributed by atoms with van der Waals surface area (Å²) in [4.78, 5) is 12.5. The van der Waals surface area contributed by atoms with Gasteiger partial charge in [-0.2, -0.15) is 5.10 Å². The van der Waals surface area contributed by atoms with Crippen LogP contribution >= 0.6 is 11.8 Å². The minimum atomic E-state index is -0.122. The van der Waals surface area contributed by atoms with E-state index in [0.29, 0.717) is 11.3 Å². The zero-order valence-electron chi connectivity index (χ0n) is 11.1. The molecule has 1 heterocycles. The highest BCUT2D eigenvalue weighted by atomic mass is 32.2. The van der Waals surface area contributed by atoms with E-state index in [1.807, 2.05) is 20.0 Å². The Hall–Kier alpha value is -1.95. The summed E-state index contributed by atoms with van der Waals surface area (Å²) in [7, 11) is 3.49. The van der Waals surface area contributed by atoms with E-state index in [1.54, 1.807) is 29.9 Å². The highest BCUT2D eigenvalue weighted by Crippen LogP contribution is 2.32. The third-order valence-electron chi connectivity index (χ3n) is 2.68. The molecular formula is C13H16N4OS. The number of carbonyl (C=O) groups is 1. The fourth-order valence-electron chi connectivity index (χ4n) is 1.70. The Morgan fingerprint density at radius 2 is 2.16 bits per heavy atom. The molecule has 0 atom stereocenters. The molecule has 1 aromatic heterocycles. The van der Waals surface area contributed by atoms with E-state index in [0.717, 1.165) is 15.6 Å². The minimum Gasteiger partial charge on any atom is -0.398 e. The van der Waals surface area contributed by atoms with Crippen LogP contribution in [-0.2, 0) is 7.05 Å². The number of rotatable bonds is 3. The lowest BCUT2D eigenvalue weighted by molar-refractivity contribution is 0.0963. The van der Waals surface area contributed by atoms with Gasteiger partial charge < -0.3 is 11.1 Å². The van der Waals surface area contributed by atoms with Gasteiger partial charge in [0.2, 0.25) is 0 Å². The van der Waals surface area contributed by atoms with Crippen LogP contribution in [0.2, 0.25) is 0 Å². The predicted octanol–water partition coefficient (Wildman–Crippen LogP) is 1.82. The molecule has 0 aliphatic carbocycles. The lowest BCUT2D eigenvalue weighted by atomic mass is 10.2. The van der Waals surface area contributed by atoms with Gasteiger partial charge >= 0.3 is 0 Å². The van der Waals surface area contributed by atoms with Gasteiger partial charge in [0.1, 0.15) is 0 Å². The molecule has 0 bridgehead atoms. The average Bonchev–Trinajstić information content (AvgIpc) is 2.69. The van der Waals surface area contributed by atoms with Gasteiger partial charge in [0.15, 0.2) is 0 Å². The number of benzene rings is 1. The maximum Gasteiger partial charge on any atom is 0.251 e. The van der Waals surface area contributed by atoms with E-state index in [4.69, 9.17) is 5.73 Å². The Morgan fingerprint density at radius 1 is 1.42 bits per heavy atom. The SMILES string of the molecule is CNC(=O)c1ccc(N)c(Sc2cc(C)nn2C)c1. The maximum atomic E-state index is 11.6. The van der Waals surface area contributed by atoms with Crippen LogP contribution in [0.5, 0.6) is 0 Å². The molecule has 1 amide bonds. The van der Waals surface area contributed by atoms with Crippen molar-refractivity contribution in [2.75, 3.05) is 12.8 Å². The number of nitrogens with zero attached hydrogens (tertiary/aromatic N) is 2. The van der Waals surface area contributed by atoms with Crippen LogP contribution in [0, 0.1) is 6.92 Å².